The Balaban J connectivity index is 1.76. The standard InChI is InChI=1S/C25H29F2N5O5S/c1-14(10-11-35-4)28-24-30-19-9-8-18(29-22(19)37-24)21-20(16-7-6-15(26)12-17(16)27)31-23(32-21)25(2,3)13-36-38(5,33)34/h6-9,12,14H,10-11,13H2,1-5H3,(H,28,30)(H,31,32)/t14-/m1/s1. The molecule has 0 fully saturated rings. The van der Waals surface area contributed by atoms with Crippen molar-refractivity contribution < 1.29 is 30.5 Å². The number of imidazole rings is 1. The highest BCUT2D eigenvalue weighted by atomic mass is 32.2. The summed E-state index contributed by atoms with van der Waals surface area (Å²) in [6.07, 6.45) is 1.70. The molecular weight excluding hydrogens is 520 g/mol. The van der Waals surface area contributed by atoms with Crippen LogP contribution in [-0.4, -0.2) is 61.0 Å². The van der Waals surface area contributed by atoms with E-state index < -0.39 is 27.2 Å². The van der Waals surface area contributed by atoms with Gasteiger partial charge >= 0.3 is 0 Å². The maximum Gasteiger partial charge on any atom is 0.297 e. The smallest absolute Gasteiger partial charge is 0.297 e. The van der Waals surface area contributed by atoms with E-state index in [1.165, 1.54) is 6.07 Å². The van der Waals surface area contributed by atoms with Crippen LogP contribution >= 0.6 is 0 Å². The molecule has 0 bridgehead atoms. The molecule has 0 aliphatic carbocycles. The monoisotopic (exact) mass is 549 g/mol. The van der Waals surface area contributed by atoms with E-state index in [1.54, 1.807) is 33.1 Å². The van der Waals surface area contributed by atoms with Gasteiger partial charge in [-0.05, 0) is 37.6 Å². The summed E-state index contributed by atoms with van der Waals surface area (Å²) in [4.78, 5) is 16.7. The highest BCUT2D eigenvalue weighted by Crippen LogP contribution is 2.35. The summed E-state index contributed by atoms with van der Waals surface area (Å²) in [6.45, 7) is 5.78. The molecule has 3 heterocycles. The number of nitrogens with zero attached hydrogens (tertiary/aromatic N) is 3. The number of hydrogen-bond donors (Lipinski definition) is 2. The Kier molecular flexibility index (Phi) is 7.81. The summed E-state index contributed by atoms with van der Waals surface area (Å²) in [6, 6.07) is 6.89. The Morgan fingerprint density at radius 1 is 1.16 bits per heavy atom. The van der Waals surface area contributed by atoms with Crippen LogP contribution in [-0.2, 0) is 24.5 Å². The molecule has 204 valence electrons. The van der Waals surface area contributed by atoms with Gasteiger partial charge in [0.25, 0.3) is 16.1 Å². The highest BCUT2D eigenvalue weighted by molar-refractivity contribution is 7.85. The van der Waals surface area contributed by atoms with Gasteiger partial charge in [0.2, 0.25) is 5.71 Å². The molecule has 38 heavy (non-hydrogen) atoms. The van der Waals surface area contributed by atoms with E-state index in [2.05, 4.69) is 25.3 Å². The van der Waals surface area contributed by atoms with Crippen molar-refractivity contribution in [1.82, 2.24) is 19.9 Å². The molecule has 0 amide bonds. The Labute approximate surface area is 218 Å². The number of rotatable bonds is 11. The second-order valence-electron chi connectivity index (χ2n) is 9.65. The van der Waals surface area contributed by atoms with Crippen LogP contribution in [0.2, 0.25) is 0 Å². The van der Waals surface area contributed by atoms with Crippen LogP contribution in [0.4, 0.5) is 14.8 Å². The number of oxazole rings is 1. The SMILES string of the molecule is COCC[C@@H](C)Nc1nc2ccc(-c3nc(C(C)(C)COS(C)(=O)=O)[nH]c3-c3ccc(F)cc3F)nc2o1. The molecule has 4 rings (SSSR count). The Hall–Kier alpha value is -3.42. The number of aromatic amines is 1. The normalized spacial score (nSPS) is 13.2. The molecule has 4 aromatic rings. The fraction of sp³-hybridized carbons (Fsp3) is 0.400. The lowest BCUT2D eigenvalue weighted by atomic mass is 9.94. The largest absolute Gasteiger partial charge is 0.404 e. The fourth-order valence-electron chi connectivity index (χ4n) is 3.68. The average Bonchev–Trinajstić information content (AvgIpc) is 3.45. The lowest BCUT2D eigenvalue weighted by molar-refractivity contribution is 0.191. The van der Waals surface area contributed by atoms with Crippen LogP contribution in [0.3, 0.4) is 0 Å². The van der Waals surface area contributed by atoms with Crippen LogP contribution in [0.25, 0.3) is 33.9 Å². The number of halogens is 2. The predicted molar refractivity (Wildman–Crippen MR) is 138 cm³/mol. The van der Waals surface area contributed by atoms with Gasteiger partial charge in [-0.1, -0.05) is 13.8 Å². The van der Waals surface area contributed by atoms with Crippen LogP contribution in [0.15, 0.2) is 34.7 Å². The summed E-state index contributed by atoms with van der Waals surface area (Å²) in [5, 5.41) is 3.16. The number of methoxy groups -OCH3 is 1. The summed E-state index contributed by atoms with van der Waals surface area (Å²) < 4.78 is 67.5. The van der Waals surface area contributed by atoms with Gasteiger partial charge in [0.1, 0.15) is 28.7 Å². The number of anilines is 1. The van der Waals surface area contributed by atoms with E-state index in [0.717, 1.165) is 24.8 Å². The summed E-state index contributed by atoms with van der Waals surface area (Å²) in [5.74, 6) is -1.21. The molecule has 2 N–H and O–H groups in total. The molecule has 0 radical (unpaired) electrons. The number of H-pyrrole nitrogens is 1. The Bertz CT molecular complexity index is 1550. The van der Waals surface area contributed by atoms with Crippen molar-refractivity contribution in [2.75, 3.05) is 31.9 Å². The third-order valence-electron chi connectivity index (χ3n) is 5.80. The third kappa shape index (κ3) is 6.34. The first kappa shape index (κ1) is 27.6. The lowest BCUT2D eigenvalue weighted by Gasteiger charge is -2.21. The van der Waals surface area contributed by atoms with Gasteiger partial charge in [0.15, 0.2) is 0 Å². The van der Waals surface area contributed by atoms with Crippen molar-refractivity contribution in [1.29, 1.82) is 0 Å². The van der Waals surface area contributed by atoms with Crippen molar-refractivity contribution in [2.24, 2.45) is 0 Å². The van der Waals surface area contributed by atoms with Gasteiger partial charge in [-0.25, -0.2) is 18.7 Å². The zero-order chi connectivity index (χ0) is 27.7. The van der Waals surface area contributed by atoms with E-state index >= 15 is 0 Å². The first-order valence-corrected chi connectivity index (χ1v) is 13.6. The molecule has 0 unspecified atom stereocenters. The second-order valence-corrected chi connectivity index (χ2v) is 11.3. The minimum atomic E-state index is -3.71. The average molecular weight is 550 g/mol. The van der Waals surface area contributed by atoms with Crippen molar-refractivity contribution >= 4 is 27.4 Å². The van der Waals surface area contributed by atoms with Gasteiger partial charge < -0.3 is 19.5 Å². The molecule has 0 saturated carbocycles. The number of aromatic nitrogens is 4. The van der Waals surface area contributed by atoms with Gasteiger partial charge in [-0.15, -0.1) is 0 Å². The minimum Gasteiger partial charge on any atom is -0.404 e. The Morgan fingerprint density at radius 3 is 2.61 bits per heavy atom. The van der Waals surface area contributed by atoms with Crippen molar-refractivity contribution in [3.8, 4) is 22.6 Å². The third-order valence-corrected chi connectivity index (χ3v) is 6.35. The van der Waals surface area contributed by atoms with Gasteiger partial charge in [-0.3, -0.25) is 4.18 Å². The second kappa shape index (κ2) is 10.8. The summed E-state index contributed by atoms with van der Waals surface area (Å²) >= 11 is 0. The molecule has 1 aromatic carbocycles. The van der Waals surface area contributed by atoms with E-state index in [4.69, 9.17) is 13.3 Å². The summed E-state index contributed by atoms with van der Waals surface area (Å²) in [7, 11) is -2.08. The van der Waals surface area contributed by atoms with Crippen molar-refractivity contribution in [3.05, 3.63) is 47.8 Å². The van der Waals surface area contributed by atoms with Crippen LogP contribution < -0.4 is 5.32 Å². The van der Waals surface area contributed by atoms with Crippen LogP contribution in [0.1, 0.15) is 33.0 Å². The maximum absolute atomic E-state index is 14.9. The molecular formula is C25H29F2N5O5S. The molecule has 10 nitrogen and oxygen atoms in total. The molecule has 0 spiro atoms. The van der Waals surface area contributed by atoms with E-state index in [0.29, 0.717) is 29.7 Å². The Morgan fingerprint density at radius 2 is 1.92 bits per heavy atom. The van der Waals surface area contributed by atoms with E-state index in [-0.39, 0.29) is 35.3 Å². The predicted octanol–water partition coefficient (Wildman–Crippen LogP) is 4.65. The van der Waals surface area contributed by atoms with Crippen LogP contribution in [0.5, 0.6) is 0 Å². The summed E-state index contributed by atoms with van der Waals surface area (Å²) in [5.41, 5.74) is 0.726. The molecule has 1 atom stereocenters. The number of hydrogen-bond acceptors (Lipinski definition) is 9. The molecule has 0 aliphatic heterocycles. The molecule has 3 aromatic heterocycles. The van der Waals surface area contributed by atoms with E-state index in [1.807, 2.05) is 6.92 Å². The quantitative estimate of drug-likeness (QED) is 0.257. The molecule has 0 aliphatic rings. The number of ether oxygens (including phenoxy) is 1. The van der Waals surface area contributed by atoms with E-state index in [9.17, 15) is 17.2 Å². The van der Waals surface area contributed by atoms with Gasteiger partial charge in [-0.2, -0.15) is 13.4 Å². The first-order chi connectivity index (χ1) is 17.9. The number of pyridine rings is 1. The number of nitrogens with one attached hydrogen (secondary N) is 2. The first-order valence-electron chi connectivity index (χ1n) is 11.8. The van der Waals surface area contributed by atoms with Crippen molar-refractivity contribution in [3.63, 3.8) is 0 Å². The van der Waals surface area contributed by atoms with Crippen LogP contribution in [0, 0.1) is 11.6 Å². The highest BCUT2D eigenvalue weighted by Gasteiger charge is 2.30. The number of fused-ring (bicyclic) bond motifs is 1. The topological polar surface area (TPSA) is 132 Å². The molecule has 13 heteroatoms. The van der Waals surface area contributed by atoms with Gasteiger partial charge in [0.05, 0.1) is 24.3 Å². The zero-order valence-electron chi connectivity index (χ0n) is 21.6. The molecule has 0 saturated heterocycles. The fourth-order valence-corrected chi connectivity index (χ4v) is 4.19. The minimum absolute atomic E-state index is 0.0424. The maximum atomic E-state index is 14.9. The van der Waals surface area contributed by atoms with Crippen molar-refractivity contribution in [2.45, 2.75) is 38.6 Å². The van der Waals surface area contributed by atoms with Gasteiger partial charge in [0, 0.05) is 36.8 Å². The lowest BCUT2D eigenvalue weighted by Crippen LogP contribution is -2.27. The zero-order valence-corrected chi connectivity index (χ0v) is 22.4. The number of benzene rings is 1.